The van der Waals surface area contributed by atoms with Crippen molar-refractivity contribution in [3.05, 3.63) is 42.0 Å². The van der Waals surface area contributed by atoms with Crippen molar-refractivity contribution in [2.45, 2.75) is 12.5 Å². The molecule has 0 aliphatic heterocycles. The summed E-state index contributed by atoms with van der Waals surface area (Å²) in [5.41, 5.74) is 4.66. The van der Waals surface area contributed by atoms with Crippen molar-refractivity contribution in [2.24, 2.45) is 5.84 Å². The summed E-state index contributed by atoms with van der Waals surface area (Å²) in [6.07, 6.45) is 5.93. The number of aromatic nitrogens is 4. The Bertz CT molecular complexity index is 384. The highest BCUT2D eigenvalue weighted by Crippen LogP contribution is 2.13. The Balaban J connectivity index is 2.10. The number of nitrogens with two attached hydrogens (primary N) is 1. The van der Waals surface area contributed by atoms with Gasteiger partial charge in [-0.1, -0.05) is 0 Å². The predicted octanol–water partition coefficient (Wildman–Crippen LogP) is -0.0532. The molecule has 2 aromatic heterocycles. The van der Waals surface area contributed by atoms with Crippen molar-refractivity contribution < 1.29 is 0 Å². The molecular weight excluding hydrogens is 192 g/mol. The number of pyridine rings is 1. The Morgan fingerprint density at radius 1 is 1.40 bits per heavy atom. The first kappa shape index (κ1) is 9.75. The van der Waals surface area contributed by atoms with E-state index in [-0.39, 0.29) is 6.04 Å². The summed E-state index contributed by atoms with van der Waals surface area (Å²) < 4.78 is 0. The van der Waals surface area contributed by atoms with Gasteiger partial charge in [0.2, 0.25) is 0 Å². The highest BCUT2D eigenvalue weighted by atomic mass is 15.3. The smallest absolute Gasteiger partial charge is 0.101 e. The second-order valence-corrected chi connectivity index (χ2v) is 3.17. The summed E-state index contributed by atoms with van der Waals surface area (Å²) in [6, 6.07) is 3.86. The monoisotopic (exact) mass is 204 g/mol. The quantitative estimate of drug-likeness (QED) is 0.479. The van der Waals surface area contributed by atoms with Gasteiger partial charge in [0.1, 0.15) is 5.69 Å². The van der Waals surface area contributed by atoms with Crippen LogP contribution in [0.25, 0.3) is 0 Å². The lowest BCUT2D eigenvalue weighted by molar-refractivity contribution is 0.537. The molecule has 4 N–H and O–H groups in total. The zero-order chi connectivity index (χ0) is 10.5. The maximum absolute atomic E-state index is 5.46. The van der Waals surface area contributed by atoms with Crippen LogP contribution < -0.4 is 11.3 Å². The van der Waals surface area contributed by atoms with Gasteiger partial charge < -0.3 is 0 Å². The van der Waals surface area contributed by atoms with Crippen LogP contribution in [0.5, 0.6) is 0 Å². The third kappa shape index (κ3) is 2.36. The molecule has 2 heterocycles. The highest BCUT2D eigenvalue weighted by Gasteiger charge is 2.12. The molecule has 0 saturated carbocycles. The Kier molecular flexibility index (Phi) is 3.01. The third-order valence-electron chi connectivity index (χ3n) is 2.18. The third-order valence-corrected chi connectivity index (χ3v) is 2.18. The second-order valence-electron chi connectivity index (χ2n) is 3.17. The second kappa shape index (κ2) is 4.63. The molecule has 0 aliphatic rings. The van der Waals surface area contributed by atoms with E-state index in [4.69, 9.17) is 5.84 Å². The van der Waals surface area contributed by atoms with Crippen molar-refractivity contribution in [1.29, 1.82) is 0 Å². The average Bonchev–Trinajstić information content (AvgIpc) is 2.81. The molecule has 0 bridgehead atoms. The summed E-state index contributed by atoms with van der Waals surface area (Å²) in [7, 11) is 0. The molecular formula is C9H12N6. The molecule has 1 unspecified atom stereocenters. The van der Waals surface area contributed by atoms with E-state index in [1.54, 1.807) is 18.6 Å². The predicted molar refractivity (Wildman–Crippen MR) is 54.4 cm³/mol. The van der Waals surface area contributed by atoms with Crippen molar-refractivity contribution in [2.75, 3.05) is 0 Å². The van der Waals surface area contributed by atoms with Gasteiger partial charge in [0.25, 0.3) is 0 Å². The number of nitrogens with zero attached hydrogens (tertiary/aromatic N) is 3. The van der Waals surface area contributed by atoms with Crippen LogP contribution in [0.15, 0.2) is 30.7 Å². The van der Waals surface area contributed by atoms with Crippen molar-refractivity contribution in [3.8, 4) is 0 Å². The van der Waals surface area contributed by atoms with Gasteiger partial charge in [-0.15, -0.1) is 0 Å². The molecule has 0 radical (unpaired) electrons. The SMILES string of the molecule is NNC(Cc1ccncc1)c1cn[nH]n1. The van der Waals surface area contributed by atoms with Crippen LogP contribution in [0.3, 0.4) is 0 Å². The maximum Gasteiger partial charge on any atom is 0.101 e. The van der Waals surface area contributed by atoms with Crippen LogP contribution in [0.1, 0.15) is 17.3 Å². The van der Waals surface area contributed by atoms with Gasteiger partial charge in [-0.25, -0.2) is 0 Å². The normalized spacial score (nSPS) is 12.6. The fourth-order valence-electron chi connectivity index (χ4n) is 1.38. The molecule has 0 aromatic carbocycles. The largest absolute Gasteiger partial charge is 0.271 e. The topological polar surface area (TPSA) is 92.5 Å². The van der Waals surface area contributed by atoms with Gasteiger partial charge in [0, 0.05) is 12.4 Å². The van der Waals surface area contributed by atoms with Crippen molar-refractivity contribution in [1.82, 2.24) is 25.8 Å². The van der Waals surface area contributed by atoms with Gasteiger partial charge in [0.05, 0.1) is 12.2 Å². The minimum Gasteiger partial charge on any atom is -0.271 e. The standard InChI is InChI=1S/C9H12N6/c10-13-8(9-6-12-15-14-9)5-7-1-3-11-4-2-7/h1-4,6,8,13H,5,10H2,(H,12,14,15). The fraction of sp³-hybridized carbons (Fsp3) is 0.222. The van der Waals surface area contributed by atoms with E-state index in [0.29, 0.717) is 0 Å². The number of rotatable bonds is 4. The number of nitrogens with one attached hydrogen (secondary N) is 2. The van der Waals surface area contributed by atoms with Gasteiger partial charge in [-0.05, 0) is 24.1 Å². The zero-order valence-corrected chi connectivity index (χ0v) is 8.09. The lowest BCUT2D eigenvalue weighted by Crippen LogP contribution is -2.29. The van der Waals surface area contributed by atoms with Crippen molar-refractivity contribution in [3.63, 3.8) is 0 Å². The van der Waals surface area contributed by atoms with Gasteiger partial charge in [0.15, 0.2) is 0 Å². The van der Waals surface area contributed by atoms with E-state index < -0.39 is 0 Å². The van der Waals surface area contributed by atoms with E-state index in [1.807, 2.05) is 12.1 Å². The van der Waals surface area contributed by atoms with Gasteiger partial charge >= 0.3 is 0 Å². The minimum atomic E-state index is -0.0360. The molecule has 6 nitrogen and oxygen atoms in total. The number of hydrogen-bond donors (Lipinski definition) is 3. The van der Waals surface area contributed by atoms with Crippen LogP contribution >= 0.6 is 0 Å². The first-order chi connectivity index (χ1) is 7.40. The Morgan fingerprint density at radius 2 is 2.20 bits per heavy atom. The fourth-order valence-corrected chi connectivity index (χ4v) is 1.38. The molecule has 15 heavy (non-hydrogen) atoms. The lowest BCUT2D eigenvalue weighted by atomic mass is 10.1. The summed E-state index contributed by atoms with van der Waals surface area (Å²) in [5, 5.41) is 10.3. The number of hydrazine groups is 1. The molecule has 0 spiro atoms. The summed E-state index contributed by atoms with van der Waals surface area (Å²) in [4.78, 5) is 3.96. The van der Waals surface area contributed by atoms with Crippen LogP contribution in [-0.4, -0.2) is 20.4 Å². The molecule has 2 rings (SSSR count). The highest BCUT2D eigenvalue weighted by molar-refractivity contribution is 5.14. The number of H-pyrrole nitrogens is 1. The number of aromatic amines is 1. The summed E-state index contributed by atoms with van der Waals surface area (Å²) in [5.74, 6) is 5.46. The van der Waals surface area contributed by atoms with Crippen molar-refractivity contribution >= 4 is 0 Å². The molecule has 0 fully saturated rings. The average molecular weight is 204 g/mol. The van der Waals surface area contributed by atoms with E-state index in [9.17, 15) is 0 Å². The Hall–Kier alpha value is -1.79. The van der Waals surface area contributed by atoms with E-state index in [0.717, 1.165) is 17.7 Å². The molecule has 0 saturated heterocycles. The van der Waals surface area contributed by atoms with E-state index >= 15 is 0 Å². The Labute approximate surface area is 86.9 Å². The zero-order valence-electron chi connectivity index (χ0n) is 8.09. The minimum absolute atomic E-state index is 0.0360. The first-order valence-corrected chi connectivity index (χ1v) is 4.61. The van der Waals surface area contributed by atoms with Crippen LogP contribution in [0.2, 0.25) is 0 Å². The first-order valence-electron chi connectivity index (χ1n) is 4.61. The van der Waals surface area contributed by atoms with Crippen LogP contribution in [0.4, 0.5) is 0 Å². The van der Waals surface area contributed by atoms with Crippen LogP contribution in [-0.2, 0) is 6.42 Å². The van der Waals surface area contributed by atoms with E-state index in [1.165, 1.54) is 0 Å². The molecule has 6 heteroatoms. The number of hydrogen-bond acceptors (Lipinski definition) is 5. The van der Waals surface area contributed by atoms with Gasteiger partial charge in [-0.3, -0.25) is 16.3 Å². The summed E-state index contributed by atoms with van der Waals surface area (Å²) in [6.45, 7) is 0. The Morgan fingerprint density at radius 3 is 2.80 bits per heavy atom. The van der Waals surface area contributed by atoms with Crippen LogP contribution in [0, 0.1) is 0 Å². The van der Waals surface area contributed by atoms with Gasteiger partial charge in [-0.2, -0.15) is 15.4 Å². The molecule has 2 aromatic rings. The molecule has 0 amide bonds. The molecule has 78 valence electrons. The van der Waals surface area contributed by atoms with E-state index in [2.05, 4.69) is 25.8 Å². The maximum atomic E-state index is 5.46. The summed E-state index contributed by atoms with van der Waals surface area (Å²) >= 11 is 0. The lowest BCUT2D eigenvalue weighted by Gasteiger charge is -2.12. The molecule has 0 aliphatic carbocycles. The molecule has 1 atom stereocenters.